The molecule has 1 aliphatic carbocycles. The molecule has 0 radical (unpaired) electrons. The van der Waals surface area contributed by atoms with Crippen LogP contribution in [0.3, 0.4) is 0 Å². The van der Waals surface area contributed by atoms with Gasteiger partial charge in [-0.15, -0.1) is 0 Å². The van der Waals surface area contributed by atoms with Crippen molar-refractivity contribution in [3.05, 3.63) is 59.7 Å². The highest BCUT2D eigenvalue weighted by molar-refractivity contribution is 5.74. The van der Waals surface area contributed by atoms with Crippen molar-refractivity contribution in [2.24, 2.45) is 5.73 Å². The van der Waals surface area contributed by atoms with E-state index in [1.807, 2.05) is 30.3 Å². The lowest BCUT2D eigenvalue weighted by Gasteiger charge is -2.35. The number of nitrogens with one attached hydrogen (secondary N) is 1. The number of hydrogen-bond donors (Lipinski definition) is 2. The van der Waals surface area contributed by atoms with Gasteiger partial charge in [-0.25, -0.2) is 13.8 Å². The lowest BCUT2D eigenvalue weighted by Crippen LogP contribution is -2.37. The molecule has 3 aromatic rings. The smallest absolute Gasteiger partial charge is 0.261 e. The minimum absolute atomic E-state index is 0. The highest BCUT2D eigenvalue weighted by Crippen LogP contribution is 2.34. The van der Waals surface area contributed by atoms with Gasteiger partial charge in [0.05, 0.1) is 35.9 Å². The summed E-state index contributed by atoms with van der Waals surface area (Å²) < 4.78 is 27.8. The summed E-state index contributed by atoms with van der Waals surface area (Å²) in [5, 5.41) is 0. The summed E-state index contributed by atoms with van der Waals surface area (Å²) >= 11 is 0. The highest BCUT2D eigenvalue weighted by atomic mass is 19.3. The molecule has 0 fully saturated rings. The van der Waals surface area contributed by atoms with Crippen LogP contribution in [0, 0.1) is 0 Å². The van der Waals surface area contributed by atoms with E-state index in [4.69, 9.17) is 5.73 Å². The van der Waals surface area contributed by atoms with E-state index in [1.54, 1.807) is 6.20 Å². The monoisotopic (exact) mass is 417 g/mol. The topological polar surface area (TPSA) is 70.8 Å². The Kier molecular flexibility index (Phi) is 8.03. The summed E-state index contributed by atoms with van der Waals surface area (Å²) in [4.78, 5) is 14.6. The Morgan fingerprint density at radius 3 is 2.73 bits per heavy atom. The molecule has 2 heterocycles. The van der Waals surface area contributed by atoms with Gasteiger partial charge in [0.1, 0.15) is 5.82 Å². The van der Waals surface area contributed by atoms with Crippen LogP contribution in [0.2, 0.25) is 0 Å². The predicted octanol–water partition coefficient (Wildman–Crippen LogP) is 5.09. The normalized spacial score (nSPS) is 16.1. The number of imidazole rings is 1. The molecule has 30 heavy (non-hydrogen) atoms. The molecule has 1 aliphatic rings. The molecule has 3 N–H and O–H groups in total. The molecular formula is C23H33F2N5. The average Bonchev–Trinajstić information content (AvgIpc) is 3.13. The van der Waals surface area contributed by atoms with Crippen molar-refractivity contribution in [1.82, 2.24) is 19.9 Å². The van der Waals surface area contributed by atoms with Crippen LogP contribution in [0.5, 0.6) is 0 Å². The number of aromatic amines is 1. The summed E-state index contributed by atoms with van der Waals surface area (Å²) in [6, 6.07) is 11.8. The molecule has 0 saturated heterocycles. The minimum Gasteiger partial charge on any atom is -0.341 e. The first-order chi connectivity index (χ1) is 13.6. The third-order valence-electron chi connectivity index (χ3n) is 5.46. The van der Waals surface area contributed by atoms with Crippen molar-refractivity contribution in [2.45, 2.75) is 59.0 Å². The number of fused-ring (bicyclic) bond motifs is 2. The summed E-state index contributed by atoms with van der Waals surface area (Å²) in [5.74, 6) is -2.09. The van der Waals surface area contributed by atoms with Crippen molar-refractivity contribution in [2.75, 3.05) is 13.1 Å². The van der Waals surface area contributed by atoms with Crippen molar-refractivity contribution in [3.8, 4) is 0 Å². The Morgan fingerprint density at radius 1 is 1.17 bits per heavy atom. The molecule has 0 saturated carbocycles. The molecule has 0 bridgehead atoms. The fourth-order valence-electron chi connectivity index (χ4n) is 3.97. The molecule has 0 amide bonds. The van der Waals surface area contributed by atoms with Gasteiger partial charge in [-0.1, -0.05) is 33.1 Å². The van der Waals surface area contributed by atoms with Gasteiger partial charge in [0, 0.05) is 19.2 Å². The van der Waals surface area contributed by atoms with Crippen LogP contribution in [0.25, 0.3) is 11.0 Å². The zero-order valence-electron chi connectivity index (χ0n) is 15.7. The maximum atomic E-state index is 13.9. The number of pyridine rings is 1. The number of halogens is 2. The Balaban J connectivity index is 0.00000160. The number of rotatable bonds is 7. The van der Waals surface area contributed by atoms with E-state index in [-0.39, 0.29) is 33.9 Å². The molecule has 0 spiro atoms. The van der Waals surface area contributed by atoms with Crippen LogP contribution in [0.1, 0.15) is 57.2 Å². The van der Waals surface area contributed by atoms with Gasteiger partial charge in [-0.2, -0.15) is 0 Å². The van der Waals surface area contributed by atoms with E-state index in [1.165, 1.54) is 5.56 Å². The lowest BCUT2D eigenvalue weighted by atomic mass is 9.90. The van der Waals surface area contributed by atoms with Crippen LogP contribution in [0.4, 0.5) is 8.78 Å². The van der Waals surface area contributed by atoms with Crippen molar-refractivity contribution < 1.29 is 8.78 Å². The predicted molar refractivity (Wildman–Crippen MR) is 119 cm³/mol. The molecule has 2 aromatic heterocycles. The minimum atomic E-state index is -2.87. The Labute approximate surface area is 177 Å². The first-order valence-corrected chi connectivity index (χ1v) is 9.75. The van der Waals surface area contributed by atoms with E-state index in [0.717, 1.165) is 41.8 Å². The third kappa shape index (κ3) is 5.21. The van der Waals surface area contributed by atoms with Gasteiger partial charge in [0.25, 0.3) is 5.92 Å². The maximum absolute atomic E-state index is 13.9. The zero-order valence-corrected chi connectivity index (χ0v) is 15.7. The number of nitrogens with zero attached hydrogens (tertiary/aromatic N) is 3. The SMILES string of the molecule is C.C.NCC(F)(F)CCN(Cc1nc2ccccc2[nH]1)C1CCCc2cccnc21. The standard InChI is InChI=1S/C21H25F2N5.2CH4/c22-21(23,14-24)10-12-28(13-19-26-16-7-1-2-8-17(16)27-19)18-9-3-5-15-6-4-11-25-20(15)18;;/h1-2,4,6-8,11,18H,3,5,9-10,12-14,24H2,(H,26,27);2*1H4. The largest absolute Gasteiger partial charge is 0.341 e. The van der Waals surface area contributed by atoms with E-state index in [2.05, 4.69) is 25.9 Å². The number of aryl methyl sites for hydroxylation is 1. The van der Waals surface area contributed by atoms with E-state index < -0.39 is 12.5 Å². The van der Waals surface area contributed by atoms with Crippen molar-refractivity contribution in [3.63, 3.8) is 0 Å². The van der Waals surface area contributed by atoms with Crippen LogP contribution < -0.4 is 5.73 Å². The lowest BCUT2D eigenvalue weighted by molar-refractivity contribution is -0.0132. The molecule has 7 heteroatoms. The van der Waals surface area contributed by atoms with Gasteiger partial charge in [-0.05, 0) is 43.0 Å². The summed E-state index contributed by atoms with van der Waals surface area (Å²) in [6.45, 7) is 0.0723. The van der Waals surface area contributed by atoms with Gasteiger partial charge in [-0.3, -0.25) is 9.88 Å². The number of alkyl halides is 2. The second-order valence-electron chi connectivity index (χ2n) is 7.44. The number of hydrogen-bond acceptors (Lipinski definition) is 4. The van der Waals surface area contributed by atoms with Crippen LogP contribution in [-0.2, 0) is 13.0 Å². The van der Waals surface area contributed by atoms with Crippen molar-refractivity contribution in [1.29, 1.82) is 0 Å². The zero-order chi connectivity index (χ0) is 19.6. The number of aromatic nitrogens is 3. The fourth-order valence-corrected chi connectivity index (χ4v) is 3.97. The molecule has 0 aliphatic heterocycles. The van der Waals surface area contributed by atoms with Crippen LogP contribution >= 0.6 is 0 Å². The van der Waals surface area contributed by atoms with E-state index >= 15 is 0 Å². The fraction of sp³-hybridized carbons (Fsp3) is 0.478. The average molecular weight is 418 g/mol. The van der Waals surface area contributed by atoms with E-state index in [9.17, 15) is 8.78 Å². The molecule has 1 atom stereocenters. The van der Waals surface area contributed by atoms with Gasteiger partial charge >= 0.3 is 0 Å². The molecular weight excluding hydrogens is 384 g/mol. The second kappa shape index (κ2) is 10.1. The van der Waals surface area contributed by atoms with Crippen LogP contribution in [0.15, 0.2) is 42.6 Å². The Hall–Kier alpha value is -2.38. The molecule has 1 unspecified atom stereocenters. The van der Waals surface area contributed by atoms with Crippen molar-refractivity contribution >= 4 is 11.0 Å². The summed E-state index contributed by atoms with van der Waals surface area (Å²) in [5.41, 5.74) is 9.29. The quantitative estimate of drug-likeness (QED) is 0.561. The first kappa shape index (κ1) is 23.9. The Morgan fingerprint density at radius 2 is 1.97 bits per heavy atom. The molecule has 164 valence electrons. The molecule has 4 rings (SSSR count). The number of H-pyrrole nitrogens is 1. The highest BCUT2D eigenvalue weighted by Gasteiger charge is 2.32. The van der Waals surface area contributed by atoms with Gasteiger partial charge < -0.3 is 10.7 Å². The maximum Gasteiger partial charge on any atom is 0.261 e. The number of benzene rings is 1. The first-order valence-electron chi connectivity index (χ1n) is 9.75. The third-order valence-corrected chi connectivity index (χ3v) is 5.46. The number of para-hydroxylation sites is 2. The molecule has 1 aromatic carbocycles. The Bertz CT molecular complexity index is 907. The molecule has 5 nitrogen and oxygen atoms in total. The van der Waals surface area contributed by atoms with Gasteiger partial charge in [0.15, 0.2) is 0 Å². The van der Waals surface area contributed by atoms with Crippen LogP contribution in [-0.4, -0.2) is 38.9 Å². The summed E-state index contributed by atoms with van der Waals surface area (Å²) in [6.07, 6.45) is 4.41. The second-order valence-corrected chi connectivity index (χ2v) is 7.44. The van der Waals surface area contributed by atoms with E-state index in [0.29, 0.717) is 6.54 Å². The number of nitrogens with two attached hydrogens (primary N) is 1. The summed E-state index contributed by atoms with van der Waals surface area (Å²) in [7, 11) is 0. The van der Waals surface area contributed by atoms with Gasteiger partial charge in [0.2, 0.25) is 0 Å².